The Hall–Kier alpha value is -1.46. The molecule has 0 aromatic carbocycles. The molecule has 0 N–H and O–H groups in total. The number of rotatable bonds is 6. The second kappa shape index (κ2) is 7.70. The summed E-state index contributed by atoms with van der Waals surface area (Å²) in [5.41, 5.74) is 1.01. The number of ether oxygens (including phenoxy) is 1. The van der Waals surface area contributed by atoms with Crippen molar-refractivity contribution < 1.29 is 9.53 Å². The molecule has 0 saturated carbocycles. The molecule has 2 fully saturated rings. The SMILES string of the molecule is O=C(CN(Cc1ccccn1)CC1CCCO1)N1CCCC1. The van der Waals surface area contributed by atoms with Crippen molar-refractivity contribution in [3.8, 4) is 0 Å². The van der Waals surface area contributed by atoms with E-state index in [2.05, 4.69) is 9.88 Å². The Bertz CT molecular complexity index is 468. The standard InChI is InChI=1S/C17H25N3O2/c21-17(20-9-3-4-10-20)14-19(13-16-7-5-11-22-16)12-15-6-1-2-8-18-15/h1-2,6,8,16H,3-5,7,9-14H2. The number of hydrogen-bond acceptors (Lipinski definition) is 4. The van der Waals surface area contributed by atoms with E-state index in [-0.39, 0.29) is 12.0 Å². The van der Waals surface area contributed by atoms with Gasteiger partial charge in [-0.05, 0) is 37.8 Å². The van der Waals surface area contributed by atoms with Crippen LogP contribution in [0.4, 0.5) is 0 Å². The van der Waals surface area contributed by atoms with Crippen LogP contribution in [-0.4, -0.2) is 59.6 Å². The largest absolute Gasteiger partial charge is 0.377 e. The lowest BCUT2D eigenvalue weighted by Gasteiger charge is -2.26. The summed E-state index contributed by atoms with van der Waals surface area (Å²) in [5.74, 6) is 0.242. The molecule has 1 aromatic rings. The zero-order valence-electron chi connectivity index (χ0n) is 13.1. The second-order valence-corrected chi connectivity index (χ2v) is 6.21. The van der Waals surface area contributed by atoms with Crippen molar-refractivity contribution in [1.29, 1.82) is 0 Å². The van der Waals surface area contributed by atoms with Gasteiger partial charge in [0.2, 0.25) is 5.91 Å². The van der Waals surface area contributed by atoms with E-state index in [4.69, 9.17) is 4.74 Å². The van der Waals surface area contributed by atoms with Crippen LogP contribution in [-0.2, 0) is 16.1 Å². The fourth-order valence-corrected chi connectivity index (χ4v) is 3.24. The molecule has 3 rings (SSSR count). The summed E-state index contributed by atoms with van der Waals surface area (Å²) in [6.07, 6.45) is 6.56. The number of carbonyl (C=O) groups excluding carboxylic acids is 1. The molecule has 2 saturated heterocycles. The van der Waals surface area contributed by atoms with Crippen LogP contribution in [0.15, 0.2) is 24.4 Å². The maximum Gasteiger partial charge on any atom is 0.236 e. The van der Waals surface area contributed by atoms with Crippen molar-refractivity contribution >= 4 is 5.91 Å². The van der Waals surface area contributed by atoms with Crippen molar-refractivity contribution in [3.63, 3.8) is 0 Å². The van der Waals surface area contributed by atoms with Gasteiger partial charge in [0, 0.05) is 39.0 Å². The minimum absolute atomic E-state index is 0.242. The van der Waals surface area contributed by atoms with Crippen LogP contribution in [0, 0.1) is 0 Å². The highest BCUT2D eigenvalue weighted by Gasteiger charge is 2.24. The summed E-state index contributed by atoms with van der Waals surface area (Å²) in [7, 11) is 0. The number of hydrogen-bond donors (Lipinski definition) is 0. The molecule has 3 heterocycles. The topological polar surface area (TPSA) is 45.7 Å². The molecule has 5 heteroatoms. The Balaban J connectivity index is 1.60. The lowest BCUT2D eigenvalue weighted by atomic mass is 10.2. The van der Waals surface area contributed by atoms with E-state index in [1.807, 2.05) is 29.3 Å². The number of likely N-dealkylation sites (tertiary alicyclic amines) is 1. The van der Waals surface area contributed by atoms with Crippen molar-refractivity contribution in [2.75, 3.05) is 32.8 Å². The highest BCUT2D eigenvalue weighted by molar-refractivity contribution is 5.78. The normalized spacial score (nSPS) is 21.7. The fraction of sp³-hybridized carbons (Fsp3) is 0.647. The van der Waals surface area contributed by atoms with E-state index >= 15 is 0 Å². The number of nitrogens with zero attached hydrogens (tertiary/aromatic N) is 3. The van der Waals surface area contributed by atoms with Gasteiger partial charge < -0.3 is 9.64 Å². The van der Waals surface area contributed by atoms with Gasteiger partial charge in [-0.2, -0.15) is 0 Å². The predicted octanol–water partition coefficient (Wildman–Crippen LogP) is 1.68. The van der Waals surface area contributed by atoms with Crippen LogP contribution in [0.2, 0.25) is 0 Å². The average molecular weight is 303 g/mol. The smallest absolute Gasteiger partial charge is 0.236 e. The van der Waals surface area contributed by atoms with Crippen molar-refractivity contribution in [1.82, 2.24) is 14.8 Å². The molecule has 1 unspecified atom stereocenters. The third-order valence-corrected chi connectivity index (χ3v) is 4.42. The molecular weight excluding hydrogens is 278 g/mol. The molecular formula is C17H25N3O2. The first-order valence-electron chi connectivity index (χ1n) is 8.33. The van der Waals surface area contributed by atoms with Crippen molar-refractivity contribution in [2.45, 2.75) is 38.3 Å². The molecule has 120 valence electrons. The van der Waals surface area contributed by atoms with Gasteiger partial charge in [0.25, 0.3) is 0 Å². The van der Waals surface area contributed by atoms with E-state index in [1.165, 1.54) is 0 Å². The zero-order chi connectivity index (χ0) is 15.2. The first-order chi connectivity index (χ1) is 10.8. The van der Waals surface area contributed by atoms with Crippen LogP contribution >= 0.6 is 0 Å². The van der Waals surface area contributed by atoms with Crippen LogP contribution in [0.5, 0.6) is 0 Å². The van der Waals surface area contributed by atoms with E-state index in [0.717, 1.165) is 57.6 Å². The summed E-state index contributed by atoms with van der Waals surface area (Å²) < 4.78 is 5.74. The Morgan fingerprint density at radius 3 is 2.86 bits per heavy atom. The van der Waals surface area contributed by atoms with Gasteiger partial charge in [0.15, 0.2) is 0 Å². The first kappa shape index (κ1) is 15.4. The van der Waals surface area contributed by atoms with Gasteiger partial charge in [-0.1, -0.05) is 6.07 Å². The Morgan fingerprint density at radius 1 is 1.32 bits per heavy atom. The summed E-state index contributed by atoms with van der Waals surface area (Å²) in [6.45, 7) is 4.67. The highest BCUT2D eigenvalue weighted by atomic mass is 16.5. The van der Waals surface area contributed by atoms with Gasteiger partial charge >= 0.3 is 0 Å². The summed E-state index contributed by atoms with van der Waals surface area (Å²) in [5, 5.41) is 0. The molecule has 1 atom stereocenters. The van der Waals surface area contributed by atoms with E-state index in [1.54, 1.807) is 0 Å². The maximum absolute atomic E-state index is 12.4. The summed E-state index contributed by atoms with van der Waals surface area (Å²) in [6, 6.07) is 5.93. The van der Waals surface area contributed by atoms with E-state index < -0.39 is 0 Å². The Labute approximate surface area is 132 Å². The zero-order valence-corrected chi connectivity index (χ0v) is 13.1. The predicted molar refractivity (Wildman–Crippen MR) is 84.3 cm³/mol. The maximum atomic E-state index is 12.4. The van der Waals surface area contributed by atoms with Crippen LogP contribution < -0.4 is 0 Å². The molecule has 1 amide bonds. The molecule has 22 heavy (non-hydrogen) atoms. The summed E-state index contributed by atoms with van der Waals surface area (Å²) in [4.78, 5) is 21.0. The molecule has 1 aromatic heterocycles. The molecule has 0 bridgehead atoms. The minimum atomic E-state index is 0.242. The summed E-state index contributed by atoms with van der Waals surface area (Å²) >= 11 is 0. The molecule has 0 spiro atoms. The van der Waals surface area contributed by atoms with Gasteiger partial charge in [0.1, 0.15) is 0 Å². The van der Waals surface area contributed by atoms with Crippen LogP contribution in [0.1, 0.15) is 31.4 Å². The molecule has 2 aliphatic heterocycles. The molecule has 5 nitrogen and oxygen atoms in total. The van der Waals surface area contributed by atoms with Gasteiger partial charge in [0.05, 0.1) is 18.3 Å². The van der Waals surface area contributed by atoms with Crippen LogP contribution in [0.3, 0.4) is 0 Å². The highest BCUT2D eigenvalue weighted by Crippen LogP contribution is 2.15. The first-order valence-corrected chi connectivity index (χ1v) is 8.33. The third kappa shape index (κ3) is 4.27. The number of pyridine rings is 1. The lowest BCUT2D eigenvalue weighted by molar-refractivity contribution is -0.131. The van der Waals surface area contributed by atoms with Crippen LogP contribution in [0.25, 0.3) is 0 Å². The van der Waals surface area contributed by atoms with Crippen molar-refractivity contribution in [2.24, 2.45) is 0 Å². The number of amides is 1. The third-order valence-electron chi connectivity index (χ3n) is 4.42. The number of aromatic nitrogens is 1. The Kier molecular flexibility index (Phi) is 5.40. The molecule has 0 radical (unpaired) electrons. The van der Waals surface area contributed by atoms with E-state index in [0.29, 0.717) is 13.1 Å². The van der Waals surface area contributed by atoms with Crippen molar-refractivity contribution in [3.05, 3.63) is 30.1 Å². The lowest BCUT2D eigenvalue weighted by Crippen LogP contribution is -2.41. The van der Waals surface area contributed by atoms with E-state index in [9.17, 15) is 4.79 Å². The number of carbonyl (C=O) groups is 1. The minimum Gasteiger partial charge on any atom is -0.377 e. The Morgan fingerprint density at radius 2 is 2.18 bits per heavy atom. The van der Waals surface area contributed by atoms with Gasteiger partial charge in [-0.15, -0.1) is 0 Å². The van der Waals surface area contributed by atoms with Gasteiger partial charge in [-0.3, -0.25) is 14.7 Å². The monoisotopic (exact) mass is 303 g/mol. The fourth-order valence-electron chi connectivity index (χ4n) is 3.24. The quantitative estimate of drug-likeness (QED) is 0.802. The second-order valence-electron chi connectivity index (χ2n) is 6.21. The molecule has 0 aliphatic carbocycles. The van der Waals surface area contributed by atoms with Gasteiger partial charge in [-0.25, -0.2) is 0 Å². The average Bonchev–Trinajstić information content (AvgIpc) is 3.21. The molecule has 2 aliphatic rings.